The molecule has 0 saturated carbocycles. The molecule has 0 aliphatic carbocycles. The summed E-state index contributed by atoms with van der Waals surface area (Å²) >= 11 is 0. The lowest BCUT2D eigenvalue weighted by Gasteiger charge is -1.98. The van der Waals surface area contributed by atoms with E-state index in [4.69, 9.17) is 4.11 Å². The summed E-state index contributed by atoms with van der Waals surface area (Å²) < 4.78 is 20.9. The number of anilines is 1. The second-order valence-electron chi connectivity index (χ2n) is 1.99. The molecule has 0 spiro atoms. The zero-order valence-electron chi connectivity index (χ0n) is 8.31. The zero-order chi connectivity index (χ0) is 9.19. The quantitative estimate of drug-likeness (QED) is 0.604. The van der Waals surface area contributed by atoms with Crippen molar-refractivity contribution in [3.8, 4) is 0 Å². The van der Waals surface area contributed by atoms with E-state index < -0.39 is 6.98 Å². The predicted octanol–water partition coefficient (Wildman–Crippen LogP) is 2.04. The molecule has 0 aromatic heterocycles. The summed E-state index contributed by atoms with van der Waals surface area (Å²) in [7, 11) is 0. The van der Waals surface area contributed by atoms with Crippen LogP contribution < -0.4 is 5.32 Å². The zero-order valence-corrected chi connectivity index (χ0v) is 5.31. The molecule has 1 rings (SSSR count). The third-order valence-electron chi connectivity index (χ3n) is 1.16. The highest BCUT2D eigenvalue weighted by molar-refractivity contribution is 5.44. The second kappa shape index (κ2) is 2.53. The van der Waals surface area contributed by atoms with Crippen LogP contribution in [-0.2, 0) is 0 Å². The minimum absolute atomic E-state index is 0.634. The van der Waals surface area contributed by atoms with Crippen LogP contribution in [0.4, 0.5) is 5.69 Å². The van der Waals surface area contributed by atoms with Crippen LogP contribution >= 0.6 is 0 Å². The monoisotopic (exact) mass is 124 g/mol. The van der Waals surface area contributed by atoms with Crippen LogP contribution in [0.1, 0.15) is 9.68 Å². The molecule has 0 aliphatic heterocycles. The SMILES string of the molecule is [2H]C([2H])([2H])Nc1cccc(C)c1. The van der Waals surface area contributed by atoms with Gasteiger partial charge in [0, 0.05) is 16.8 Å². The lowest BCUT2D eigenvalue weighted by molar-refractivity contribution is 1.43. The van der Waals surface area contributed by atoms with E-state index in [1.54, 1.807) is 12.1 Å². The van der Waals surface area contributed by atoms with Crippen molar-refractivity contribution in [3.05, 3.63) is 29.8 Å². The first kappa shape index (κ1) is 3.25. The van der Waals surface area contributed by atoms with Gasteiger partial charge in [0.25, 0.3) is 0 Å². The average Bonchev–Trinajstić information content (AvgIpc) is 1.82. The van der Waals surface area contributed by atoms with Crippen molar-refractivity contribution in [2.45, 2.75) is 6.92 Å². The van der Waals surface area contributed by atoms with Crippen LogP contribution in [-0.4, -0.2) is 6.98 Å². The Hall–Kier alpha value is -0.980. The van der Waals surface area contributed by atoms with E-state index in [9.17, 15) is 0 Å². The van der Waals surface area contributed by atoms with E-state index in [1.807, 2.05) is 19.1 Å². The lowest BCUT2D eigenvalue weighted by atomic mass is 10.2. The first-order valence-electron chi connectivity index (χ1n) is 4.32. The molecule has 0 unspecified atom stereocenters. The molecule has 9 heavy (non-hydrogen) atoms. The maximum absolute atomic E-state index is 6.96. The van der Waals surface area contributed by atoms with Crippen LogP contribution in [0.5, 0.6) is 0 Å². The first-order chi connectivity index (χ1) is 5.47. The summed E-state index contributed by atoms with van der Waals surface area (Å²) in [5, 5.41) is 2.42. The van der Waals surface area contributed by atoms with Crippen molar-refractivity contribution in [1.29, 1.82) is 0 Å². The summed E-state index contributed by atoms with van der Waals surface area (Å²) in [4.78, 5) is 0. The fourth-order valence-electron chi connectivity index (χ4n) is 0.723. The molecule has 0 fully saturated rings. The Morgan fingerprint density at radius 2 is 2.44 bits per heavy atom. The molecule has 1 heteroatoms. The molecule has 1 aromatic rings. The van der Waals surface area contributed by atoms with Crippen molar-refractivity contribution in [3.63, 3.8) is 0 Å². The van der Waals surface area contributed by atoms with E-state index in [2.05, 4.69) is 5.32 Å². The lowest BCUT2D eigenvalue weighted by Crippen LogP contribution is -1.86. The molecule has 48 valence electrons. The Bertz CT molecular complexity index is 267. The van der Waals surface area contributed by atoms with E-state index >= 15 is 0 Å². The minimum atomic E-state index is -2.10. The highest BCUT2D eigenvalue weighted by Gasteiger charge is 1.84. The first-order valence-corrected chi connectivity index (χ1v) is 2.82. The standard InChI is InChI=1S/C8H11N/c1-7-4-3-5-8(6-7)9-2/h3-6,9H,1-2H3/i2D3. The maximum Gasteiger partial charge on any atom is 0.0453 e. The van der Waals surface area contributed by atoms with Gasteiger partial charge in [0.2, 0.25) is 0 Å². The number of aryl methyl sites for hydroxylation is 1. The van der Waals surface area contributed by atoms with Gasteiger partial charge in [-0.2, -0.15) is 0 Å². The van der Waals surface area contributed by atoms with Crippen molar-refractivity contribution >= 4 is 5.69 Å². The third kappa shape index (κ3) is 1.46. The summed E-state index contributed by atoms with van der Waals surface area (Å²) in [5.74, 6) is 0. The number of nitrogens with one attached hydrogen (secondary N) is 1. The van der Waals surface area contributed by atoms with Gasteiger partial charge in [-0.25, -0.2) is 0 Å². The number of hydrogen-bond acceptors (Lipinski definition) is 1. The normalized spacial score (nSPS) is 15.4. The molecule has 0 aliphatic rings. The van der Waals surface area contributed by atoms with E-state index in [-0.39, 0.29) is 0 Å². The van der Waals surface area contributed by atoms with E-state index in [1.165, 1.54) is 0 Å². The number of hydrogen-bond donors (Lipinski definition) is 1. The Labute approximate surface area is 59.9 Å². The largest absolute Gasteiger partial charge is 0.388 e. The molecule has 0 amide bonds. The van der Waals surface area contributed by atoms with Crippen LogP contribution in [0.25, 0.3) is 0 Å². The van der Waals surface area contributed by atoms with Gasteiger partial charge in [-0.15, -0.1) is 0 Å². The fourth-order valence-corrected chi connectivity index (χ4v) is 0.723. The highest BCUT2D eigenvalue weighted by atomic mass is 14.8. The van der Waals surface area contributed by atoms with Gasteiger partial charge < -0.3 is 5.32 Å². The summed E-state index contributed by atoms with van der Waals surface area (Å²) in [5.41, 5.74) is 1.68. The van der Waals surface area contributed by atoms with Crippen molar-refractivity contribution in [2.24, 2.45) is 0 Å². The number of benzene rings is 1. The van der Waals surface area contributed by atoms with Crippen LogP contribution in [0.2, 0.25) is 0 Å². The maximum atomic E-state index is 6.96. The third-order valence-corrected chi connectivity index (χ3v) is 1.16. The Balaban J connectivity index is 2.77. The van der Waals surface area contributed by atoms with Gasteiger partial charge in [0.05, 0.1) is 0 Å². The van der Waals surface area contributed by atoms with Crippen molar-refractivity contribution in [2.75, 3.05) is 12.3 Å². The van der Waals surface area contributed by atoms with Gasteiger partial charge >= 0.3 is 0 Å². The molecular formula is C8H11N. The molecule has 0 atom stereocenters. The second-order valence-corrected chi connectivity index (χ2v) is 1.99. The van der Waals surface area contributed by atoms with Gasteiger partial charge in [-0.05, 0) is 24.6 Å². The van der Waals surface area contributed by atoms with E-state index in [0.29, 0.717) is 5.69 Å². The predicted molar refractivity (Wildman–Crippen MR) is 40.7 cm³/mol. The van der Waals surface area contributed by atoms with E-state index in [0.717, 1.165) is 5.56 Å². The molecule has 1 aromatic carbocycles. The Morgan fingerprint density at radius 3 is 3.11 bits per heavy atom. The van der Waals surface area contributed by atoms with Crippen molar-refractivity contribution in [1.82, 2.24) is 0 Å². The number of rotatable bonds is 1. The van der Waals surface area contributed by atoms with Crippen LogP contribution in [0.15, 0.2) is 24.3 Å². The van der Waals surface area contributed by atoms with Crippen molar-refractivity contribution < 1.29 is 4.11 Å². The highest BCUT2D eigenvalue weighted by Crippen LogP contribution is 2.07. The smallest absolute Gasteiger partial charge is 0.0453 e. The molecule has 0 heterocycles. The summed E-state index contributed by atoms with van der Waals surface area (Å²) in [6.45, 7) is -0.182. The molecule has 1 N–H and O–H groups in total. The molecule has 0 bridgehead atoms. The van der Waals surface area contributed by atoms with Gasteiger partial charge in [-0.1, -0.05) is 12.1 Å². The van der Waals surface area contributed by atoms with Gasteiger partial charge in [0.1, 0.15) is 0 Å². The Morgan fingerprint density at radius 1 is 1.56 bits per heavy atom. The van der Waals surface area contributed by atoms with Crippen LogP contribution in [0, 0.1) is 6.92 Å². The molecule has 0 saturated heterocycles. The van der Waals surface area contributed by atoms with Crippen LogP contribution in [0.3, 0.4) is 0 Å². The summed E-state index contributed by atoms with van der Waals surface area (Å²) in [6.07, 6.45) is 0. The molecule has 0 radical (unpaired) electrons. The van der Waals surface area contributed by atoms with Gasteiger partial charge in [0.15, 0.2) is 0 Å². The summed E-state index contributed by atoms with van der Waals surface area (Å²) in [6, 6.07) is 7.28. The minimum Gasteiger partial charge on any atom is -0.388 e. The van der Waals surface area contributed by atoms with Gasteiger partial charge in [-0.3, -0.25) is 0 Å². The molecular weight excluding hydrogens is 110 g/mol. The fraction of sp³-hybridized carbons (Fsp3) is 0.250. The molecule has 1 nitrogen and oxygen atoms in total. The Kier molecular flexibility index (Phi) is 0.916. The average molecular weight is 124 g/mol. The topological polar surface area (TPSA) is 12.0 Å².